The lowest BCUT2D eigenvalue weighted by Gasteiger charge is -2.15. The minimum Gasteiger partial charge on any atom is -0.505 e. The van der Waals surface area contributed by atoms with Crippen molar-refractivity contribution in [3.63, 3.8) is 0 Å². The molecule has 9 heteroatoms. The zero-order valence-electron chi connectivity index (χ0n) is 17.7. The molecule has 0 amide bonds. The van der Waals surface area contributed by atoms with Crippen LogP contribution in [0.15, 0.2) is 58.3 Å². The van der Waals surface area contributed by atoms with E-state index < -0.39 is 0 Å². The maximum absolute atomic E-state index is 14.0. The second-order valence-corrected chi connectivity index (χ2v) is 10.00. The minimum absolute atomic E-state index is 0.0311. The molecule has 4 heterocycles. The third kappa shape index (κ3) is 2.85. The minimum atomic E-state index is -0.197. The molecule has 1 saturated carbocycles. The summed E-state index contributed by atoms with van der Waals surface area (Å²) in [5.41, 5.74) is 3.00. The molecular weight excluding hydrogens is 472 g/mol. The van der Waals surface area contributed by atoms with E-state index in [1.807, 2.05) is 6.20 Å². The number of phenolic OH excluding ortho intramolecular Hbond substituents is 1. The molecule has 1 fully saturated rings. The van der Waals surface area contributed by atoms with Gasteiger partial charge in [0.05, 0.1) is 27.9 Å². The van der Waals surface area contributed by atoms with Crippen LogP contribution in [0.1, 0.15) is 30.1 Å². The molecule has 168 valence electrons. The second-order valence-electron chi connectivity index (χ2n) is 8.59. The quantitative estimate of drug-likeness (QED) is 0.315. The highest BCUT2D eigenvalue weighted by Crippen LogP contribution is 2.47. The number of H-pyrrole nitrogens is 1. The number of fused-ring (bicyclic) bond motifs is 4. The SMILES string of the molecule is O=c1c2c(nc(-c3ccc4cc[nH]c4c3C3CC3)n1Cc1cnco1)sc1c(O)c(Cl)ccc12. The van der Waals surface area contributed by atoms with E-state index in [9.17, 15) is 9.90 Å². The molecule has 6 aromatic rings. The Balaban J connectivity index is 1.59. The molecule has 0 bridgehead atoms. The summed E-state index contributed by atoms with van der Waals surface area (Å²) in [6, 6.07) is 9.53. The van der Waals surface area contributed by atoms with Gasteiger partial charge in [0.25, 0.3) is 5.56 Å². The topological polar surface area (TPSA) is 96.9 Å². The number of rotatable bonds is 4. The number of hydrogen-bond donors (Lipinski definition) is 2. The van der Waals surface area contributed by atoms with Gasteiger partial charge in [-0.3, -0.25) is 9.36 Å². The van der Waals surface area contributed by atoms with Crippen molar-refractivity contribution in [2.75, 3.05) is 0 Å². The Morgan fingerprint density at radius 2 is 2.12 bits per heavy atom. The summed E-state index contributed by atoms with van der Waals surface area (Å²) in [4.78, 5) is 26.9. The number of thiophene rings is 1. The number of oxazole rings is 1. The molecule has 7 rings (SSSR count). The molecule has 1 aliphatic carbocycles. The van der Waals surface area contributed by atoms with Crippen LogP contribution in [0, 0.1) is 0 Å². The number of phenols is 1. The average molecular weight is 489 g/mol. The highest BCUT2D eigenvalue weighted by atomic mass is 35.5. The van der Waals surface area contributed by atoms with Crippen molar-refractivity contribution in [2.24, 2.45) is 0 Å². The van der Waals surface area contributed by atoms with Crippen LogP contribution in [-0.4, -0.2) is 24.6 Å². The first-order valence-corrected chi connectivity index (χ1v) is 12.1. The Morgan fingerprint density at radius 3 is 2.91 bits per heavy atom. The lowest BCUT2D eigenvalue weighted by atomic mass is 9.99. The van der Waals surface area contributed by atoms with Crippen LogP contribution in [0.25, 0.3) is 42.6 Å². The number of aromatic hydroxyl groups is 1. The molecule has 0 atom stereocenters. The molecule has 7 nitrogen and oxygen atoms in total. The zero-order chi connectivity index (χ0) is 23.0. The van der Waals surface area contributed by atoms with Crippen LogP contribution in [0.2, 0.25) is 5.02 Å². The Labute approximate surface area is 201 Å². The van der Waals surface area contributed by atoms with Crippen molar-refractivity contribution < 1.29 is 9.52 Å². The highest BCUT2D eigenvalue weighted by Gasteiger charge is 2.31. The first kappa shape index (κ1) is 19.8. The van der Waals surface area contributed by atoms with Gasteiger partial charge in [0.1, 0.15) is 16.4 Å². The Kier molecular flexibility index (Phi) is 4.19. The molecular formula is C25H17ClN4O3S. The van der Waals surface area contributed by atoms with Crippen molar-refractivity contribution in [1.29, 1.82) is 0 Å². The van der Waals surface area contributed by atoms with Gasteiger partial charge in [0.15, 0.2) is 12.1 Å². The van der Waals surface area contributed by atoms with Gasteiger partial charge in [-0.05, 0) is 41.8 Å². The number of aromatic nitrogens is 4. The van der Waals surface area contributed by atoms with Crippen LogP contribution in [0.5, 0.6) is 5.75 Å². The van der Waals surface area contributed by atoms with E-state index >= 15 is 0 Å². The fourth-order valence-corrected chi connectivity index (χ4v) is 6.08. The van der Waals surface area contributed by atoms with Crippen LogP contribution in [-0.2, 0) is 6.54 Å². The molecule has 0 unspecified atom stereocenters. The van der Waals surface area contributed by atoms with Gasteiger partial charge < -0.3 is 14.5 Å². The van der Waals surface area contributed by atoms with Crippen LogP contribution >= 0.6 is 22.9 Å². The van der Waals surface area contributed by atoms with Crippen molar-refractivity contribution >= 4 is 54.1 Å². The summed E-state index contributed by atoms with van der Waals surface area (Å²) in [6.07, 6.45) is 7.11. The van der Waals surface area contributed by atoms with Gasteiger partial charge >= 0.3 is 0 Å². The maximum atomic E-state index is 14.0. The number of hydrogen-bond acceptors (Lipinski definition) is 6. The summed E-state index contributed by atoms with van der Waals surface area (Å²) >= 11 is 7.42. The summed E-state index contributed by atoms with van der Waals surface area (Å²) in [6.45, 7) is 0.195. The second kappa shape index (κ2) is 7.19. The summed E-state index contributed by atoms with van der Waals surface area (Å²) in [5.74, 6) is 1.53. The van der Waals surface area contributed by atoms with E-state index in [0.29, 0.717) is 37.8 Å². The van der Waals surface area contributed by atoms with Gasteiger partial charge in [-0.2, -0.15) is 0 Å². The summed E-state index contributed by atoms with van der Waals surface area (Å²) in [5, 5.41) is 13.0. The van der Waals surface area contributed by atoms with Gasteiger partial charge in [0.2, 0.25) is 0 Å². The maximum Gasteiger partial charge on any atom is 0.263 e. The molecule has 4 aromatic heterocycles. The average Bonchev–Trinajstić information content (AvgIpc) is 3.22. The fourth-order valence-electron chi connectivity index (χ4n) is 4.75. The van der Waals surface area contributed by atoms with E-state index in [4.69, 9.17) is 21.0 Å². The van der Waals surface area contributed by atoms with Crippen molar-refractivity contribution in [3.8, 4) is 17.1 Å². The van der Waals surface area contributed by atoms with E-state index in [2.05, 4.69) is 28.2 Å². The monoisotopic (exact) mass is 488 g/mol. The predicted octanol–water partition coefficient (Wildman–Crippen LogP) is 6.03. The molecule has 0 saturated heterocycles. The van der Waals surface area contributed by atoms with Crippen LogP contribution in [0.3, 0.4) is 0 Å². The molecule has 2 N–H and O–H groups in total. The van der Waals surface area contributed by atoms with E-state index in [-0.39, 0.29) is 22.9 Å². The molecule has 2 aromatic carbocycles. The van der Waals surface area contributed by atoms with Gasteiger partial charge in [0, 0.05) is 22.7 Å². The first-order chi connectivity index (χ1) is 16.6. The number of halogens is 1. The molecule has 1 aliphatic rings. The zero-order valence-corrected chi connectivity index (χ0v) is 19.3. The lowest BCUT2D eigenvalue weighted by Crippen LogP contribution is -2.24. The lowest BCUT2D eigenvalue weighted by molar-refractivity contribution is 0.482. The fraction of sp³-hybridized carbons (Fsp3) is 0.160. The van der Waals surface area contributed by atoms with Crippen LogP contribution < -0.4 is 5.56 Å². The third-order valence-corrected chi connectivity index (χ3v) is 7.89. The normalized spacial score (nSPS) is 14.0. The summed E-state index contributed by atoms with van der Waals surface area (Å²) in [7, 11) is 0. The van der Waals surface area contributed by atoms with Crippen molar-refractivity contribution in [2.45, 2.75) is 25.3 Å². The van der Waals surface area contributed by atoms with Crippen molar-refractivity contribution in [3.05, 3.63) is 75.8 Å². The molecule has 34 heavy (non-hydrogen) atoms. The Hall–Kier alpha value is -3.62. The van der Waals surface area contributed by atoms with Gasteiger partial charge in [-0.15, -0.1) is 11.3 Å². The first-order valence-electron chi connectivity index (χ1n) is 10.9. The third-order valence-electron chi connectivity index (χ3n) is 6.48. The Morgan fingerprint density at radius 1 is 1.24 bits per heavy atom. The van der Waals surface area contributed by atoms with Crippen molar-refractivity contribution in [1.82, 2.24) is 19.5 Å². The number of nitrogens with zero attached hydrogens (tertiary/aromatic N) is 3. The smallest absolute Gasteiger partial charge is 0.263 e. The number of nitrogens with one attached hydrogen (secondary N) is 1. The standard InChI is InChI=1S/C25H17ClN4O3S/c26-17-6-5-15-19-24(34-22(15)21(17)31)29-23(30(25(19)32)10-14-9-27-11-33-14)16-4-3-13-7-8-28-20(13)18(16)12-1-2-12/h3-9,11-12,28,31H,1-2,10H2. The van der Waals surface area contributed by atoms with E-state index in [0.717, 1.165) is 29.3 Å². The van der Waals surface area contributed by atoms with E-state index in [1.54, 1.807) is 22.9 Å². The predicted molar refractivity (Wildman–Crippen MR) is 133 cm³/mol. The molecule has 0 aliphatic heterocycles. The summed E-state index contributed by atoms with van der Waals surface area (Å²) < 4.78 is 7.69. The largest absolute Gasteiger partial charge is 0.505 e. The van der Waals surface area contributed by atoms with Crippen LogP contribution in [0.4, 0.5) is 0 Å². The molecule has 0 radical (unpaired) electrons. The van der Waals surface area contributed by atoms with Gasteiger partial charge in [-0.25, -0.2) is 9.97 Å². The molecule has 0 spiro atoms. The number of aromatic amines is 1. The van der Waals surface area contributed by atoms with E-state index in [1.165, 1.54) is 23.3 Å². The highest BCUT2D eigenvalue weighted by molar-refractivity contribution is 7.25. The Bertz CT molecular complexity index is 1790. The number of benzene rings is 2. The van der Waals surface area contributed by atoms with Gasteiger partial charge in [-0.1, -0.05) is 29.8 Å².